The van der Waals surface area contributed by atoms with Crippen molar-refractivity contribution in [2.45, 2.75) is 12.8 Å². The molecule has 2 aromatic rings. The van der Waals surface area contributed by atoms with E-state index in [9.17, 15) is 26.3 Å². The highest BCUT2D eigenvalue weighted by atomic mass is 19.4. The molecule has 9 heteroatoms. The first kappa shape index (κ1) is 15.2. The summed E-state index contributed by atoms with van der Waals surface area (Å²) < 4.78 is 80.3. The molecule has 0 N–H and O–H groups in total. The van der Waals surface area contributed by atoms with Gasteiger partial charge in [0.15, 0.2) is 0 Å². The Hall–Kier alpha value is -2.19. The highest BCUT2D eigenvalue weighted by Crippen LogP contribution is 2.33. The molecule has 0 saturated carbocycles. The molecule has 114 valence electrons. The molecule has 0 unspecified atom stereocenters. The van der Waals surface area contributed by atoms with Crippen molar-refractivity contribution in [3.8, 4) is 17.1 Å². The number of nitrogens with zero attached hydrogens (tertiary/aromatic N) is 2. The lowest BCUT2D eigenvalue weighted by Crippen LogP contribution is -2.06. The third-order valence-electron chi connectivity index (χ3n) is 2.62. The van der Waals surface area contributed by atoms with Crippen LogP contribution in [0.1, 0.15) is 5.56 Å². The van der Waals surface area contributed by atoms with E-state index < -0.39 is 24.2 Å². The van der Waals surface area contributed by atoms with Crippen LogP contribution in [0.3, 0.4) is 0 Å². The zero-order chi connectivity index (χ0) is 15.8. The average Bonchev–Trinajstić information content (AvgIpc) is 2.68. The van der Waals surface area contributed by atoms with Crippen LogP contribution in [0.4, 0.5) is 26.3 Å². The first-order chi connectivity index (χ1) is 9.68. The fourth-order valence-electron chi connectivity index (χ4n) is 1.68. The standard InChI is InChI=1S/C12H8F6N2O/c1-20-10(21-11(14)15)5-9(19-20)7-3-2-6(4-8(7)13)12(16,17)18/h2-5,11H,1H3. The van der Waals surface area contributed by atoms with Gasteiger partial charge >= 0.3 is 12.8 Å². The normalized spacial score (nSPS) is 12.0. The molecule has 0 amide bonds. The van der Waals surface area contributed by atoms with E-state index in [0.717, 1.165) is 16.8 Å². The van der Waals surface area contributed by atoms with Crippen LogP contribution in [0.25, 0.3) is 11.3 Å². The van der Waals surface area contributed by atoms with Crippen molar-refractivity contribution in [3.05, 3.63) is 35.6 Å². The van der Waals surface area contributed by atoms with Crippen molar-refractivity contribution in [3.63, 3.8) is 0 Å². The summed E-state index contributed by atoms with van der Waals surface area (Å²) in [4.78, 5) is 0. The summed E-state index contributed by atoms with van der Waals surface area (Å²) in [5, 5.41) is 3.72. The Balaban J connectivity index is 2.39. The van der Waals surface area contributed by atoms with Crippen LogP contribution in [0.5, 0.6) is 5.88 Å². The first-order valence-corrected chi connectivity index (χ1v) is 5.54. The van der Waals surface area contributed by atoms with Crippen molar-refractivity contribution in [2.24, 2.45) is 7.05 Å². The predicted molar refractivity (Wildman–Crippen MR) is 60.2 cm³/mol. The quantitative estimate of drug-likeness (QED) is 0.805. The van der Waals surface area contributed by atoms with E-state index in [0.29, 0.717) is 12.1 Å². The highest BCUT2D eigenvalue weighted by molar-refractivity contribution is 5.61. The summed E-state index contributed by atoms with van der Waals surface area (Å²) in [6.07, 6.45) is -4.67. The molecule has 0 bridgehead atoms. The SMILES string of the molecule is Cn1nc(-c2ccc(C(F)(F)F)cc2F)cc1OC(F)F. The molecule has 21 heavy (non-hydrogen) atoms. The molecular weight excluding hydrogens is 302 g/mol. The van der Waals surface area contributed by atoms with E-state index in [1.54, 1.807) is 0 Å². The van der Waals surface area contributed by atoms with Crippen LogP contribution in [-0.2, 0) is 13.2 Å². The third kappa shape index (κ3) is 3.29. The van der Waals surface area contributed by atoms with Gasteiger partial charge in [0.05, 0.1) is 11.3 Å². The van der Waals surface area contributed by atoms with Gasteiger partial charge in [-0.1, -0.05) is 0 Å². The van der Waals surface area contributed by atoms with E-state index in [1.165, 1.54) is 7.05 Å². The summed E-state index contributed by atoms with van der Waals surface area (Å²) in [5.41, 5.74) is -1.51. The van der Waals surface area contributed by atoms with Crippen LogP contribution < -0.4 is 4.74 Å². The second kappa shape index (κ2) is 5.30. The third-order valence-corrected chi connectivity index (χ3v) is 2.62. The van der Waals surface area contributed by atoms with Crippen LogP contribution in [0, 0.1) is 5.82 Å². The Kier molecular flexibility index (Phi) is 3.84. The molecular formula is C12H8F6N2O. The van der Waals surface area contributed by atoms with Crippen molar-refractivity contribution in [1.82, 2.24) is 9.78 Å². The van der Waals surface area contributed by atoms with Crippen LogP contribution >= 0.6 is 0 Å². The summed E-state index contributed by atoms with van der Waals surface area (Å²) in [6.45, 7) is -3.09. The summed E-state index contributed by atoms with van der Waals surface area (Å²) in [6, 6.07) is 2.89. The maximum Gasteiger partial charge on any atom is 0.416 e. The van der Waals surface area contributed by atoms with E-state index in [2.05, 4.69) is 9.84 Å². The molecule has 0 aliphatic rings. The number of hydrogen-bond acceptors (Lipinski definition) is 2. The van der Waals surface area contributed by atoms with Gasteiger partial charge in [0.2, 0.25) is 5.88 Å². The molecule has 1 aromatic carbocycles. The predicted octanol–water partition coefficient (Wildman–Crippen LogP) is 3.85. The maximum atomic E-state index is 13.7. The Morgan fingerprint density at radius 3 is 2.38 bits per heavy atom. The molecule has 0 saturated heterocycles. The molecule has 0 aliphatic carbocycles. The molecule has 1 aromatic heterocycles. The van der Waals surface area contributed by atoms with Crippen LogP contribution in [-0.4, -0.2) is 16.4 Å². The number of halogens is 6. The Morgan fingerprint density at radius 2 is 1.86 bits per heavy atom. The molecule has 1 heterocycles. The van der Waals surface area contributed by atoms with Gasteiger partial charge in [-0.3, -0.25) is 0 Å². The Labute approximate surface area is 114 Å². The topological polar surface area (TPSA) is 27.1 Å². The fraction of sp³-hybridized carbons (Fsp3) is 0.250. The minimum atomic E-state index is -4.67. The molecule has 0 fully saturated rings. The van der Waals surface area contributed by atoms with E-state index in [4.69, 9.17) is 0 Å². The number of ether oxygens (including phenoxy) is 1. The van der Waals surface area contributed by atoms with Gasteiger partial charge in [-0.15, -0.1) is 0 Å². The summed E-state index contributed by atoms with van der Waals surface area (Å²) >= 11 is 0. The summed E-state index contributed by atoms with van der Waals surface area (Å²) in [5.74, 6) is -1.49. The maximum absolute atomic E-state index is 13.7. The Bertz CT molecular complexity index is 650. The Morgan fingerprint density at radius 1 is 1.19 bits per heavy atom. The molecule has 0 radical (unpaired) electrons. The highest BCUT2D eigenvalue weighted by Gasteiger charge is 2.31. The molecule has 0 atom stereocenters. The number of aromatic nitrogens is 2. The van der Waals surface area contributed by atoms with Crippen molar-refractivity contribution < 1.29 is 31.1 Å². The van der Waals surface area contributed by atoms with Gasteiger partial charge < -0.3 is 4.74 Å². The number of benzene rings is 1. The number of alkyl halides is 5. The van der Waals surface area contributed by atoms with Crippen LogP contribution in [0.2, 0.25) is 0 Å². The van der Waals surface area contributed by atoms with Crippen molar-refractivity contribution in [1.29, 1.82) is 0 Å². The fourth-order valence-corrected chi connectivity index (χ4v) is 1.68. The monoisotopic (exact) mass is 310 g/mol. The lowest BCUT2D eigenvalue weighted by Gasteiger charge is -2.07. The second-order valence-corrected chi connectivity index (χ2v) is 4.06. The molecule has 0 aliphatic heterocycles. The molecule has 2 rings (SSSR count). The van der Waals surface area contributed by atoms with E-state index in [1.807, 2.05) is 0 Å². The average molecular weight is 310 g/mol. The van der Waals surface area contributed by atoms with E-state index in [-0.39, 0.29) is 17.1 Å². The minimum absolute atomic E-state index is 0.112. The van der Waals surface area contributed by atoms with Gasteiger partial charge in [-0.05, 0) is 18.2 Å². The lowest BCUT2D eigenvalue weighted by atomic mass is 10.1. The molecule has 0 spiro atoms. The van der Waals surface area contributed by atoms with Gasteiger partial charge in [-0.25, -0.2) is 9.07 Å². The number of hydrogen-bond donors (Lipinski definition) is 0. The zero-order valence-electron chi connectivity index (χ0n) is 10.5. The smallest absolute Gasteiger partial charge is 0.416 e. The van der Waals surface area contributed by atoms with E-state index >= 15 is 0 Å². The van der Waals surface area contributed by atoms with Gasteiger partial charge in [0, 0.05) is 18.7 Å². The summed E-state index contributed by atoms with van der Waals surface area (Å²) in [7, 11) is 1.28. The lowest BCUT2D eigenvalue weighted by molar-refractivity contribution is -0.137. The van der Waals surface area contributed by atoms with Gasteiger partial charge in [0.1, 0.15) is 5.82 Å². The first-order valence-electron chi connectivity index (χ1n) is 5.54. The molecule has 3 nitrogen and oxygen atoms in total. The minimum Gasteiger partial charge on any atom is -0.417 e. The number of rotatable bonds is 3. The van der Waals surface area contributed by atoms with Gasteiger partial charge in [-0.2, -0.15) is 27.1 Å². The second-order valence-electron chi connectivity index (χ2n) is 4.06. The van der Waals surface area contributed by atoms with Crippen molar-refractivity contribution >= 4 is 0 Å². The zero-order valence-corrected chi connectivity index (χ0v) is 10.5. The van der Waals surface area contributed by atoms with Crippen molar-refractivity contribution in [2.75, 3.05) is 0 Å². The number of aryl methyl sites for hydroxylation is 1. The largest absolute Gasteiger partial charge is 0.417 e. The van der Waals surface area contributed by atoms with Gasteiger partial charge in [0.25, 0.3) is 0 Å². The van der Waals surface area contributed by atoms with Crippen LogP contribution in [0.15, 0.2) is 24.3 Å².